The molecule has 1 atom stereocenters. The number of carbonyl (C=O) groups excluding carboxylic acids is 1. The van der Waals surface area contributed by atoms with E-state index in [1.54, 1.807) is 22.9 Å². The summed E-state index contributed by atoms with van der Waals surface area (Å²) < 4.78 is 21.7. The molecule has 2 aromatic carbocycles. The topological polar surface area (TPSA) is 84.3 Å². The Balaban J connectivity index is 1.43. The summed E-state index contributed by atoms with van der Waals surface area (Å²) in [6, 6.07) is 13.6. The van der Waals surface area contributed by atoms with E-state index in [1.165, 1.54) is 18.2 Å². The maximum absolute atomic E-state index is 13.8. The van der Waals surface area contributed by atoms with Gasteiger partial charge in [-0.3, -0.25) is 4.79 Å². The van der Waals surface area contributed by atoms with Gasteiger partial charge in [-0.2, -0.15) is 4.98 Å². The number of nitrogens with one attached hydrogen (secondary N) is 2. The van der Waals surface area contributed by atoms with Gasteiger partial charge < -0.3 is 24.8 Å². The number of hydrogen-bond acceptors (Lipinski definition) is 6. The number of likely N-dealkylation sites (N-methyl/N-ethyl adjacent to an activating group) is 1. The molecule has 5 rings (SSSR count). The van der Waals surface area contributed by atoms with Crippen molar-refractivity contribution in [3.8, 4) is 11.4 Å². The Morgan fingerprint density at radius 3 is 2.91 bits per heavy atom. The van der Waals surface area contributed by atoms with E-state index in [2.05, 4.69) is 39.1 Å². The fourth-order valence-electron chi connectivity index (χ4n) is 4.10. The molecule has 1 aliphatic heterocycles. The van der Waals surface area contributed by atoms with Crippen molar-refractivity contribution in [2.45, 2.75) is 12.5 Å². The summed E-state index contributed by atoms with van der Waals surface area (Å²) in [6.45, 7) is 5.33. The third kappa shape index (κ3) is 4.99. The van der Waals surface area contributed by atoms with Crippen LogP contribution < -0.4 is 15.4 Å². The van der Waals surface area contributed by atoms with E-state index in [1.807, 2.05) is 30.5 Å². The average molecular weight is 473 g/mol. The van der Waals surface area contributed by atoms with Crippen molar-refractivity contribution in [1.29, 1.82) is 0 Å². The van der Waals surface area contributed by atoms with Crippen molar-refractivity contribution >= 4 is 34.3 Å². The maximum atomic E-state index is 13.8. The van der Waals surface area contributed by atoms with Crippen molar-refractivity contribution in [2.24, 2.45) is 0 Å². The Hall–Kier alpha value is -4.24. The molecule has 0 saturated carbocycles. The molecule has 3 heterocycles. The highest BCUT2D eigenvalue weighted by Gasteiger charge is 2.22. The number of ether oxygens (including phenoxy) is 1. The van der Waals surface area contributed by atoms with Crippen LogP contribution in [0.1, 0.15) is 6.42 Å². The van der Waals surface area contributed by atoms with Crippen LogP contribution in [0.3, 0.4) is 0 Å². The quantitative estimate of drug-likeness (QED) is 0.385. The molecule has 178 valence electrons. The minimum atomic E-state index is -0.332. The lowest BCUT2D eigenvalue weighted by atomic mass is 10.2. The molecule has 0 aliphatic carbocycles. The molecule has 2 N–H and O–H groups in total. The van der Waals surface area contributed by atoms with Crippen molar-refractivity contribution in [2.75, 3.05) is 30.8 Å². The smallest absolute Gasteiger partial charge is 0.247 e. The zero-order chi connectivity index (χ0) is 24.4. The van der Waals surface area contributed by atoms with Crippen LogP contribution in [0.5, 0.6) is 5.75 Å². The maximum Gasteiger partial charge on any atom is 0.247 e. The number of carbonyl (C=O) groups is 1. The summed E-state index contributed by atoms with van der Waals surface area (Å²) in [5.74, 6) is 0.293. The van der Waals surface area contributed by atoms with Crippen LogP contribution in [0.15, 0.2) is 73.6 Å². The number of hydrogen-bond donors (Lipinski definition) is 2. The monoisotopic (exact) mass is 472 g/mol. The minimum absolute atomic E-state index is 0.0551. The highest BCUT2D eigenvalue weighted by Crippen LogP contribution is 2.31. The normalized spacial score (nSPS) is 15.8. The fraction of sp³-hybridized carbons (Fsp3) is 0.192. The highest BCUT2D eigenvalue weighted by molar-refractivity contribution is 6.00. The molecule has 0 spiro atoms. The lowest BCUT2D eigenvalue weighted by Crippen LogP contribution is -2.22. The largest absolute Gasteiger partial charge is 0.487 e. The van der Waals surface area contributed by atoms with Gasteiger partial charge in [0.05, 0.1) is 5.69 Å². The minimum Gasteiger partial charge on any atom is -0.487 e. The zero-order valence-corrected chi connectivity index (χ0v) is 19.2. The molecule has 0 bridgehead atoms. The molecule has 8 nitrogen and oxygen atoms in total. The summed E-state index contributed by atoms with van der Waals surface area (Å²) in [7, 11) is 2.05. The first-order valence-corrected chi connectivity index (χ1v) is 11.3. The van der Waals surface area contributed by atoms with Crippen molar-refractivity contribution in [3.63, 3.8) is 0 Å². The molecular weight excluding hydrogens is 447 g/mol. The summed E-state index contributed by atoms with van der Waals surface area (Å²) in [5.41, 5.74) is 2.50. The fourth-order valence-corrected chi connectivity index (χ4v) is 4.10. The van der Waals surface area contributed by atoms with Crippen molar-refractivity contribution < 1.29 is 13.9 Å². The number of aromatic nitrogens is 3. The second-order valence-corrected chi connectivity index (χ2v) is 8.46. The number of likely N-dealkylation sites (tertiary alicyclic amines) is 1. The van der Waals surface area contributed by atoms with Gasteiger partial charge in [0.2, 0.25) is 11.9 Å². The van der Waals surface area contributed by atoms with E-state index < -0.39 is 0 Å². The number of anilines is 3. The standard InChI is InChI=1S/C26H25FN6O2/c1-3-24(34)30-22-14-19(7-8-23(22)35-21-10-11-32(2)16-21)29-26-28-15-17-9-12-33(25(17)31-26)20-6-4-5-18(27)13-20/h3-9,12-15,21H,1,10-11,16H2,2H3,(H,30,34)(H,28,29,31). The summed E-state index contributed by atoms with van der Waals surface area (Å²) in [4.78, 5) is 23.3. The first-order chi connectivity index (χ1) is 17.0. The van der Waals surface area contributed by atoms with Crippen LogP contribution in [0.4, 0.5) is 21.7 Å². The molecule has 1 unspecified atom stereocenters. The Bertz CT molecular complexity index is 1400. The van der Waals surface area contributed by atoms with Gasteiger partial charge in [-0.1, -0.05) is 12.6 Å². The van der Waals surface area contributed by atoms with Crippen LogP contribution in [0.2, 0.25) is 0 Å². The summed E-state index contributed by atoms with van der Waals surface area (Å²) in [6.07, 6.45) is 5.72. The predicted molar refractivity (Wildman–Crippen MR) is 134 cm³/mol. The molecule has 35 heavy (non-hydrogen) atoms. The second-order valence-electron chi connectivity index (χ2n) is 8.46. The van der Waals surface area contributed by atoms with E-state index in [0.717, 1.165) is 24.9 Å². The van der Waals surface area contributed by atoms with Gasteiger partial charge in [0.25, 0.3) is 0 Å². The van der Waals surface area contributed by atoms with Gasteiger partial charge >= 0.3 is 0 Å². The van der Waals surface area contributed by atoms with Crippen LogP contribution >= 0.6 is 0 Å². The van der Waals surface area contributed by atoms with Gasteiger partial charge in [0.15, 0.2) is 0 Å². The van der Waals surface area contributed by atoms with E-state index in [-0.39, 0.29) is 17.8 Å². The lowest BCUT2D eigenvalue weighted by molar-refractivity contribution is -0.111. The zero-order valence-electron chi connectivity index (χ0n) is 19.2. The van der Waals surface area contributed by atoms with Crippen LogP contribution in [0.25, 0.3) is 16.7 Å². The predicted octanol–water partition coefficient (Wildman–Crippen LogP) is 4.51. The number of benzene rings is 2. The molecule has 9 heteroatoms. The van der Waals surface area contributed by atoms with Crippen LogP contribution in [0, 0.1) is 5.82 Å². The molecule has 2 aromatic heterocycles. The Kier molecular flexibility index (Phi) is 6.15. The van der Waals surface area contributed by atoms with Gasteiger partial charge in [0.1, 0.15) is 23.3 Å². The molecule has 1 saturated heterocycles. The SMILES string of the molecule is C=CC(=O)Nc1cc(Nc2ncc3ccn(-c4cccc(F)c4)c3n2)ccc1OC1CCN(C)C1. The van der Waals surface area contributed by atoms with Gasteiger partial charge in [0, 0.05) is 42.2 Å². The van der Waals surface area contributed by atoms with E-state index in [9.17, 15) is 9.18 Å². The molecule has 4 aromatic rings. The number of halogens is 1. The first kappa shape index (κ1) is 22.5. The van der Waals surface area contributed by atoms with Crippen LogP contribution in [-0.2, 0) is 4.79 Å². The number of amides is 1. The Morgan fingerprint density at radius 2 is 2.14 bits per heavy atom. The lowest BCUT2D eigenvalue weighted by Gasteiger charge is -2.18. The number of fused-ring (bicyclic) bond motifs is 1. The van der Waals surface area contributed by atoms with Gasteiger partial charge in [-0.15, -0.1) is 0 Å². The molecular formula is C26H25FN6O2. The highest BCUT2D eigenvalue weighted by atomic mass is 19.1. The van der Waals surface area contributed by atoms with E-state index in [0.29, 0.717) is 34.4 Å². The molecule has 1 amide bonds. The second kappa shape index (κ2) is 9.55. The van der Waals surface area contributed by atoms with Gasteiger partial charge in [-0.25, -0.2) is 9.37 Å². The number of nitrogens with zero attached hydrogens (tertiary/aromatic N) is 4. The molecule has 1 aliphatic rings. The van der Waals surface area contributed by atoms with Crippen molar-refractivity contribution in [3.05, 3.63) is 79.4 Å². The third-order valence-electron chi connectivity index (χ3n) is 5.83. The van der Waals surface area contributed by atoms with Crippen LogP contribution in [-0.4, -0.2) is 51.6 Å². The summed E-state index contributed by atoms with van der Waals surface area (Å²) >= 11 is 0. The Morgan fingerprint density at radius 1 is 1.26 bits per heavy atom. The van der Waals surface area contributed by atoms with Gasteiger partial charge in [-0.05, 0) is 62.0 Å². The first-order valence-electron chi connectivity index (χ1n) is 11.3. The average Bonchev–Trinajstić information content (AvgIpc) is 3.46. The van der Waals surface area contributed by atoms with E-state index in [4.69, 9.17) is 4.74 Å². The Labute approximate surface area is 202 Å². The molecule has 0 radical (unpaired) electrons. The third-order valence-corrected chi connectivity index (χ3v) is 5.83. The van der Waals surface area contributed by atoms with Crippen molar-refractivity contribution in [1.82, 2.24) is 19.4 Å². The van der Waals surface area contributed by atoms with E-state index >= 15 is 0 Å². The number of rotatable bonds is 7. The molecule has 1 fully saturated rings. The summed E-state index contributed by atoms with van der Waals surface area (Å²) in [5, 5.41) is 6.83.